The number of hydrogen-bond acceptors (Lipinski definition) is 9. The fourth-order valence-electron chi connectivity index (χ4n) is 5.54. The summed E-state index contributed by atoms with van der Waals surface area (Å²) in [5.41, 5.74) is 8.27. The topological polar surface area (TPSA) is 176 Å². The SMILES string of the molecule is CCNC(=O)Nc1cc(-c2nc(C(F)(F)F)cs2)c(-c2cncc(C(=O)NNC(=O)CNC(=O)OCC3c4ccccc4-c4ccccc43)c2)cn1. The van der Waals surface area contributed by atoms with Crippen molar-refractivity contribution in [1.82, 2.24) is 36.4 Å². The maximum atomic E-state index is 13.4. The zero-order valence-electron chi connectivity index (χ0n) is 27.2. The number of hydrazine groups is 1. The van der Waals surface area contributed by atoms with E-state index in [2.05, 4.69) is 41.8 Å². The summed E-state index contributed by atoms with van der Waals surface area (Å²) in [7, 11) is 0. The molecular formula is C35H29F3N8O5S. The van der Waals surface area contributed by atoms with Crippen molar-refractivity contribution in [2.75, 3.05) is 25.0 Å². The van der Waals surface area contributed by atoms with E-state index in [-0.39, 0.29) is 45.6 Å². The lowest BCUT2D eigenvalue weighted by Gasteiger charge is -2.14. The summed E-state index contributed by atoms with van der Waals surface area (Å²) in [5, 5.41) is 8.25. The van der Waals surface area contributed by atoms with E-state index >= 15 is 0 Å². The number of fused-ring (bicyclic) bond motifs is 3. The van der Waals surface area contributed by atoms with Crippen LogP contribution in [0.1, 0.15) is 40.0 Å². The fraction of sp³-hybridized carbons (Fsp3) is 0.171. The summed E-state index contributed by atoms with van der Waals surface area (Å²) in [6.07, 6.45) is -1.62. The fourth-order valence-corrected chi connectivity index (χ4v) is 6.39. The van der Waals surface area contributed by atoms with Gasteiger partial charge in [-0.25, -0.2) is 19.6 Å². The van der Waals surface area contributed by atoms with Gasteiger partial charge in [-0.2, -0.15) is 13.2 Å². The van der Waals surface area contributed by atoms with Crippen molar-refractivity contribution >= 4 is 41.1 Å². The molecule has 52 heavy (non-hydrogen) atoms. The van der Waals surface area contributed by atoms with E-state index in [1.165, 1.54) is 30.7 Å². The minimum absolute atomic E-state index is 0.0188. The number of pyridine rings is 2. The molecule has 0 saturated carbocycles. The molecule has 0 bridgehead atoms. The number of rotatable bonds is 9. The first-order valence-electron chi connectivity index (χ1n) is 15.7. The molecule has 0 aliphatic heterocycles. The quantitative estimate of drug-likeness (QED) is 0.120. The third-order valence-electron chi connectivity index (χ3n) is 7.87. The van der Waals surface area contributed by atoms with E-state index in [1.807, 2.05) is 48.5 Å². The van der Waals surface area contributed by atoms with Crippen LogP contribution in [0, 0.1) is 0 Å². The predicted octanol–water partition coefficient (Wildman–Crippen LogP) is 5.73. The van der Waals surface area contributed by atoms with Crippen molar-refractivity contribution in [3.8, 4) is 32.8 Å². The average molecular weight is 731 g/mol. The zero-order valence-corrected chi connectivity index (χ0v) is 28.0. The van der Waals surface area contributed by atoms with Crippen molar-refractivity contribution in [2.24, 2.45) is 0 Å². The molecule has 0 fully saturated rings. The number of thiazole rings is 1. The first-order chi connectivity index (χ1) is 25.0. The van der Waals surface area contributed by atoms with Gasteiger partial charge in [-0.3, -0.25) is 30.7 Å². The molecule has 0 radical (unpaired) electrons. The number of nitrogens with one attached hydrogen (secondary N) is 5. The highest BCUT2D eigenvalue weighted by atomic mass is 32.1. The lowest BCUT2D eigenvalue weighted by molar-refractivity contribution is -0.140. The van der Waals surface area contributed by atoms with Gasteiger partial charge < -0.3 is 15.4 Å². The summed E-state index contributed by atoms with van der Waals surface area (Å²) in [5.74, 6) is -1.65. The molecule has 266 valence electrons. The number of ether oxygens (including phenoxy) is 1. The van der Waals surface area contributed by atoms with Crippen LogP contribution in [0.5, 0.6) is 0 Å². The molecule has 3 heterocycles. The number of hydrogen-bond donors (Lipinski definition) is 5. The van der Waals surface area contributed by atoms with E-state index in [0.717, 1.165) is 39.0 Å². The molecule has 17 heteroatoms. The number of nitrogens with zero attached hydrogens (tertiary/aromatic N) is 3. The maximum absolute atomic E-state index is 13.4. The smallest absolute Gasteiger partial charge is 0.434 e. The highest BCUT2D eigenvalue weighted by molar-refractivity contribution is 7.13. The lowest BCUT2D eigenvalue weighted by Crippen LogP contribution is -2.46. The number of alkyl halides is 3. The normalized spacial score (nSPS) is 11.9. The van der Waals surface area contributed by atoms with Gasteiger partial charge >= 0.3 is 18.3 Å². The first kappa shape index (κ1) is 35.5. The third kappa shape index (κ3) is 7.99. The van der Waals surface area contributed by atoms with Gasteiger partial charge in [0.1, 0.15) is 24.0 Å². The summed E-state index contributed by atoms with van der Waals surface area (Å²) in [4.78, 5) is 61.9. The number of carbonyl (C=O) groups is 4. The highest BCUT2D eigenvalue weighted by Gasteiger charge is 2.34. The van der Waals surface area contributed by atoms with Crippen LogP contribution >= 0.6 is 11.3 Å². The van der Waals surface area contributed by atoms with Crippen molar-refractivity contribution in [1.29, 1.82) is 0 Å². The second-order valence-electron chi connectivity index (χ2n) is 11.3. The van der Waals surface area contributed by atoms with E-state index in [4.69, 9.17) is 4.74 Å². The van der Waals surface area contributed by atoms with Crippen LogP contribution in [0.2, 0.25) is 0 Å². The summed E-state index contributed by atoms with van der Waals surface area (Å²) < 4.78 is 45.5. The van der Waals surface area contributed by atoms with Gasteiger partial charge in [0.25, 0.3) is 11.8 Å². The van der Waals surface area contributed by atoms with E-state index in [9.17, 15) is 32.3 Å². The molecule has 0 atom stereocenters. The van der Waals surface area contributed by atoms with Crippen LogP contribution in [0.25, 0.3) is 32.8 Å². The van der Waals surface area contributed by atoms with E-state index < -0.39 is 42.4 Å². The van der Waals surface area contributed by atoms with Gasteiger partial charge in [-0.15, -0.1) is 11.3 Å². The summed E-state index contributed by atoms with van der Waals surface area (Å²) >= 11 is 0.735. The molecule has 3 aromatic heterocycles. The Morgan fingerprint density at radius 2 is 1.58 bits per heavy atom. The number of benzene rings is 2. The molecule has 5 amide bonds. The van der Waals surface area contributed by atoms with E-state index in [1.54, 1.807) is 6.92 Å². The molecule has 1 aliphatic carbocycles. The molecule has 13 nitrogen and oxygen atoms in total. The molecule has 2 aromatic carbocycles. The predicted molar refractivity (Wildman–Crippen MR) is 185 cm³/mol. The van der Waals surface area contributed by atoms with Crippen LogP contribution in [0.4, 0.5) is 28.6 Å². The van der Waals surface area contributed by atoms with Crippen LogP contribution < -0.4 is 26.8 Å². The zero-order chi connectivity index (χ0) is 36.8. The maximum Gasteiger partial charge on any atom is 0.434 e. The minimum atomic E-state index is -4.68. The Labute approximate surface area is 298 Å². The highest BCUT2D eigenvalue weighted by Crippen LogP contribution is 2.44. The van der Waals surface area contributed by atoms with Crippen LogP contribution in [-0.2, 0) is 15.7 Å². The van der Waals surface area contributed by atoms with Crippen LogP contribution in [-0.4, -0.2) is 58.6 Å². The first-order valence-corrected chi connectivity index (χ1v) is 16.6. The van der Waals surface area contributed by atoms with Gasteiger partial charge in [0.05, 0.1) is 5.56 Å². The standard InChI is InChI=1S/C35H29F3N8O5S/c1-2-40-33(49)44-29-12-25(32-43-28(18-52-32)35(36,37)38)26(15-41-29)19-11-20(14-39-13-19)31(48)46-45-30(47)16-42-34(50)51-17-27-23-9-5-3-7-21(23)22-8-4-6-10-24(22)27/h3-15,18,27H,2,16-17H2,1H3,(H,42,50)(H,45,47)(H,46,48)(H2,40,41,44,49). The minimum Gasteiger partial charge on any atom is -0.449 e. The Bertz CT molecular complexity index is 2110. The van der Waals surface area contributed by atoms with Crippen molar-refractivity contribution < 1.29 is 37.1 Å². The summed E-state index contributed by atoms with van der Waals surface area (Å²) in [6, 6.07) is 17.9. The van der Waals surface area contributed by atoms with Gasteiger partial charge in [-0.1, -0.05) is 48.5 Å². The monoisotopic (exact) mass is 730 g/mol. The van der Waals surface area contributed by atoms with Gasteiger partial charge in [-0.05, 0) is 41.3 Å². The third-order valence-corrected chi connectivity index (χ3v) is 8.75. The Balaban J connectivity index is 1.07. The Hall–Kier alpha value is -6.36. The molecule has 6 rings (SSSR count). The Morgan fingerprint density at radius 1 is 0.865 bits per heavy atom. The molecule has 0 saturated heterocycles. The van der Waals surface area contributed by atoms with Gasteiger partial charge in [0.2, 0.25) is 0 Å². The molecule has 5 aromatic rings. The average Bonchev–Trinajstić information content (AvgIpc) is 3.76. The number of halogens is 3. The number of amides is 5. The largest absolute Gasteiger partial charge is 0.449 e. The van der Waals surface area contributed by atoms with Gasteiger partial charge in [0.15, 0.2) is 5.69 Å². The van der Waals surface area contributed by atoms with Crippen LogP contribution in [0.3, 0.4) is 0 Å². The molecule has 0 unspecified atom stereocenters. The molecule has 0 spiro atoms. The Kier molecular flexibility index (Phi) is 10.4. The van der Waals surface area contributed by atoms with E-state index in [0.29, 0.717) is 6.54 Å². The number of urea groups is 1. The van der Waals surface area contributed by atoms with Gasteiger partial charge in [0, 0.05) is 53.1 Å². The van der Waals surface area contributed by atoms with Crippen LogP contribution in [0.15, 0.2) is 84.6 Å². The number of anilines is 1. The second-order valence-corrected chi connectivity index (χ2v) is 12.1. The van der Waals surface area contributed by atoms with Crippen molar-refractivity contribution in [3.05, 3.63) is 107 Å². The number of alkyl carbamates (subject to hydrolysis) is 1. The summed E-state index contributed by atoms with van der Waals surface area (Å²) in [6.45, 7) is 1.59. The Morgan fingerprint density at radius 3 is 2.25 bits per heavy atom. The van der Waals surface area contributed by atoms with Crippen molar-refractivity contribution in [3.63, 3.8) is 0 Å². The second kappa shape index (κ2) is 15.3. The van der Waals surface area contributed by atoms with Crippen molar-refractivity contribution in [2.45, 2.75) is 19.0 Å². The molecule has 1 aliphatic rings. The molecular weight excluding hydrogens is 701 g/mol. The number of aromatic nitrogens is 3. The molecule has 5 N–H and O–H groups in total. The number of carbonyl (C=O) groups excluding carboxylic acids is 4. The lowest BCUT2D eigenvalue weighted by atomic mass is 9.98.